The van der Waals surface area contributed by atoms with Crippen LogP contribution in [0.1, 0.15) is 39.6 Å². The van der Waals surface area contributed by atoms with Crippen molar-refractivity contribution < 1.29 is 14.3 Å². The molecule has 0 unspecified atom stereocenters. The number of hydrogen-bond donors (Lipinski definition) is 2. The van der Waals surface area contributed by atoms with Gasteiger partial charge in [-0.15, -0.1) is 0 Å². The van der Waals surface area contributed by atoms with E-state index in [0.29, 0.717) is 28.7 Å². The Morgan fingerprint density at radius 1 is 1.03 bits per heavy atom. The van der Waals surface area contributed by atoms with Gasteiger partial charge >= 0.3 is 5.97 Å². The topological polar surface area (TPSA) is 91.5 Å². The van der Waals surface area contributed by atoms with Crippen LogP contribution in [0.4, 0.5) is 0 Å². The zero-order valence-corrected chi connectivity index (χ0v) is 18.3. The summed E-state index contributed by atoms with van der Waals surface area (Å²) in [4.78, 5) is 22.4. The number of thiocarbonyl (C=S) groups is 1. The molecule has 0 spiro atoms. The fourth-order valence-electron chi connectivity index (χ4n) is 4.02. The Kier molecular flexibility index (Phi) is 5.58. The predicted molar refractivity (Wildman–Crippen MR) is 126 cm³/mol. The van der Waals surface area contributed by atoms with Crippen LogP contribution in [0.25, 0.3) is 11.3 Å². The summed E-state index contributed by atoms with van der Waals surface area (Å²) in [6, 6.07) is 21.5. The number of nitrogens with zero attached hydrogens (tertiary/aromatic N) is 3. The molecule has 3 aromatic heterocycles. The minimum atomic E-state index is -0.981. The minimum absolute atomic E-state index is 0.206. The third kappa shape index (κ3) is 4.20. The number of hydrogen-bond acceptors (Lipinski definition) is 5. The maximum absolute atomic E-state index is 11.4. The average Bonchev–Trinajstić information content (AvgIpc) is 3.45. The van der Waals surface area contributed by atoms with Gasteiger partial charge in [0.1, 0.15) is 17.6 Å². The number of aromatic carboxylic acids is 1. The van der Waals surface area contributed by atoms with E-state index in [2.05, 4.69) is 15.3 Å². The van der Waals surface area contributed by atoms with Crippen molar-refractivity contribution in [2.75, 3.05) is 0 Å². The molecule has 33 heavy (non-hydrogen) atoms. The fourth-order valence-corrected chi connectivity index (χ4v) is 4.33. The van der Waals surface area contributed by atoms with Gasteiger partial charge in [-0.3, -0.25) is 9.97 Å². The summed E-state index contributed by atoms with van der Waals surface area (Å²) < 4.78 is 6.27. The molecule has 0 aliphatic carbocycles. The zero-order chi connectivity index (χ0) is 22.8. The zero-order valence-electron chi connectivity index (χ0n) is 17.5. The van der Waals surface area contributed by atoms with Crippen molar-refractivity contribution in [2.24, 2.45) is 0 Å². The number of benzene rings is 1. The highest BCUT2D eigenvalue weighted by molar-refractivity contribution is 7.80. The molecule has 0 bridgehead atoms. The van der Waals surface area contributed by atoms with Crippen LogP contribution in [-0.4, -0.2) is 31.1 Å². The van der Waals surface area contributed by atoms with E-state index in [4.69, 9.17) is 16.6 Å². The molecule has 0 radical (unpaired) electrons. The number of carboxylic acids is 1. The van der Waals surface area contributed by atoms with E-state index >= 15 is 0 Å². The summed E-state index contributed by atoms with van der Waals surface area (Å²) in [6.07, 6.45) is 3.51. The molecule has 2 atom stereocenters. The van der Waals surface area contributed by atoms with Gasteiger partial charge in [0.2, 0.25) is 0 Å². The van der Waals surface area contributed by atoms with Gasteiger partial charge in [-0.2, -0.15) is 0 Å². The van der Waals surface area contributed by atoms with E-state index in [1.54, 1.807) is 30.6 Å². The molecule has 2 N–H and O–H groups in total. The lowest BCUT2D eigenvalue weighted by Gasteiger charge is -2.25. The van der Waals surface area contributed by atoms with Crippen LogP contribution in [0.2, 0.25) is 0 Å². The molecule has 1 aliphatic rings. The maximum atomic E-state index is 11.4. The van der Waals surface area contributed by atoms with Crippen molar-refractivity contribution in [3.05, 3.63) is 108 Å². The van der Waals surface area contributed by atoms with Crippen molar-refractivity contribution in [1.29, 1.82) is 0 Å². The standard InChI is InChI=1S/C25H20N4O3S/c30-24(31)17-7-5-6-16(14-17)20-10-11-21(32-20)23-22(19-9-2-4-13-27-19)28-25(33)29(23)15-18-8-1-3-12-26-18/h1-14,22-23H,15H2,(H,28,33)(H,30,31)/t22-,23+/m0/s1. The summed E-state index contributed by atoms with van der Waals surface area (Å²) in [5, 5.41) is 13.3. The number of pyridine rings is 2. The third-order valence-electron chi connectivity index (χ3n) is 5.57. The molecule has 1 fully saturated rings. The molecule has 164 valence electrons. The lowest BCUT2D eigenvalue weighted by molar-refractivity contribution is 0.0697. The van der Waals surface area contributed by atoms with E-state index in [0.717, 1.165) is 11.4 Å². The molecule has 0 amide bonds. The molecule has 4 heterocycles. The maximum Gasteiger partial charge on any atom is 0.335 e. The monoisotopic (exact) mass is 456 g/mol. The Morgan fingerprint density at radius 3 is 2.58 bits per heavy atom. The van der Waals surface area contributed by atoms with Gasteiger partial charge in [0.05, 0.1) is 29.5 Å². The first-order valence-electron chi connectivity index (χ1n) is 10.4. The highest BCUT2D eigenvalue weighted by Crippen LogP contribution is 2.41. The van der Waals surface area contributed by atoms with Gasteiger partial charge < -0.3 is 19.7 Å². The molecule has 7 nitrogen and oxygen atoms in total. The second-order valence-corrected chi connectivity index (χ2v) is 8.05. The van der Waals surface area contributed by atoms with E-state index in [1.807, 2.05) is 59.5 Å². The number of furan rings is 1. The molecule has 0 saturated carbocycles. The van der Waals surface area contributed by atoms with Crippen molar-refractivity contribution in [1.82, 2.24) is 20.2 Å². The van der Waals surface area contributed by atoms with E-state index in [1.165, 1.54) is 0 Å². The smallest absolute Gasteiger partial charge is 0.335 e. The first kappa shape index (κ1) is 20.8. The lowest BCUT2D eigenvalue weighted by Crippen LogP contribution is -2.29. The molecule has 5 rings (SSSR count). The van der Waals surface area contributed by atoms with Crippen LogP contribution in [-0.2, 0) is 6.54 Å². The van der Waals surface area contributed by atoms with Crippen molar-refractivity contribution in [2.45, 2.75) is 18.6 Å². The van der Waals surface area contributed by atoms with Gasteiger partial charge in [0.15, 0.2) is 5.11 Å². The minimum Gasteiger partial charge on any atom is -0.478 e. The van der Waals surface area contributed by atoms with E-state index < -0.39 is 5.97 Å². The first-order valence-corrected chi connectivity index (χ1v) is 10.8. The number of nitrogens with one attached hydrogen (secondary N) is 1. The highest BCUT2D eigenvalue weighted by atomic mass is 32.1. The molecular weight excluding hydrogens is 436 g/mol. The van der Waals surface area contributed by atoms with Crippen LogP contribution in [0.15, 0.2) is 89.6 Å². The van der Waals surface area contributed by atoms with Crippen molar-refractivity contribution >= 4 is 23.3 Å². The summed E-state index contributed by atoms with van der Waals surface area (Å²) in [7, 11) is 0. The molecule has 1 saturated heterocycles. The Bertz CT molecular complexity index is 1290. The summed E-state index contributed by atoms with van der Waals surface area (Å²) in [6.45, 7) is 0.505. The van der Waals surface area contributed by atoms with E-state index in [9.17, 15) is 9.90 Å². The highest BCUT2D eigenvalue weighted by Gasteiger charge is 2.41. The van der Waals surface area contributed by atoms with Gasteiger partial charge in [0.25, 0.3) is 0 Å². The van der Waals surface area contributed by atoms with Crippen LogP contribution in [0, 0.1) is 0 Å². The van der Waals surface area contributed by atoms with Gasteiger partial charge in [-0.25, -0.2) is 4.79 Å². The SMILES string of the molecule is O=C(O)c1cccc(-c2ccc([C@@H]3[C@H](c4ccccn4)NC(=S)N3Cc3ccccn3)o2)c1. The lowest BCUT2D eigenvalue weighted by atomic mass is 10.0. The fraction of sp³-hybridized carbons (Fsp3) is 0.120. The summed E-state index contributed by atoms with van der Waals surface area (Å²) >= 11 is 5.69. The first-order chi connectivity index (χ1) is 16.1. The van der Waals surface area contributed by atoms with Crippen LogP contribution >= 0.6 is 12.2 Å². The van der Waals surface area contributed by atoms with Crippen LogP contribution < -0.4 is 5.32 Å². The number of carbonyl (C=O) groups is 1. The van der Waals surface area contributed by atoms with Gasteiger partial charge in [0, 0.05) is 18.0 Å². The second-order valence-electron chi connectivity index (χ2n) is 7.66. The van der Waals surface area contributed by atoms with E-state index in [-0.39, 0.29) is 17.6 Å². The van der Waals surface area contributed by atoms with Crippen molar-refractivity contribution in [3.63, 3.8) is 0 Å². The summed E-state index contributed by atoms with van der Waals surface area (Å²) in [5.41, 5.74) is 2.63. The largest absolute Gasteiger partial charge is 0.478 e. The second kappa shape index (κ2) is 8.84. The normalized spacial score (nSPS) is 17.7. The Balaban J connectivity index is 1.53. The van der Waals surface area contributed by atoms with Gasteiger partial charge in [-0.05, 0) is 60.7 Å². The Morgan fingerprint density at radius 2 is 1.85 bits per heavy atom. The van der Waals surface area contributed by atoms with Crippen molar-refractivity contribution in [3.8, 4) is 11.3 Å². The summed E-state index contributed by atoms with van der Waals surface area (Å²) in [5.74, 6) is 0.305. The number of carboxylic acid groups (broad SMARTS) is 1. The van der Waals surface area contributed by atoms with Gasteiger partial charge in [-0.1, -0.05) is 24.3 Å². The van der Waals surface area contributed by atoms with Crippen LogP contribution in [0.5, 0.6) is 0 Å². The van der Waals surface area contributed by atoms with Crippen LogP contribution in [0.3, 0.4) is 0 Å². The molecule has 1 aromatic carbocycles. The number of rotatable bonds is 6. The molecular formula is C25H20N4O3S. The Labute approximate surface area is 195 Å². The quantitative estimate of drug-likeness (QED) is 0.407. The third-order valence-corrected chi connectivity index (χ3v) is 5.92. The predicted octanol–water partition coefficient (Wildman–Crippen LogP) is 4.61. The number of aromatic nitrogens is 2. The molecule has 4 aromatic rings. The average molecular weight is 457 g/mol. The molecule has 8 heteroatoms. The Hall–Kier alpha value is -4.04. The molecule has 1 aliphatic heterocycles.